The molecule has 176 valence electrons. The van der Waals surface area contributed by atoms with Gasteiger partial charge in [0, 0.05) is 0 Å². The van der Waals surface area contributed by atoms with Gasteiger partial charge in [-0.1, -0.05) is 12.2 Å². The third kappa shape index (κ3) is 17.8. The Morgan fingerprint density at radius 2 is 0.828 bits per heavy atom. The van der Waals surface area contributed by atoms with Gasteiger partial charge in [0.25, 0.3) is 0 Å². The first kappa shape index (κ1) is 32.9. The molecule has 8 nitrogen and oxygen atoms in total. The lowest BCUT2D eigenvalue weighted by atomic mass is 10.3. The van der Waals surface area contributed by atoms with Crippen LogP contribution in [0.15, 0.2) is 25.3 Å². The summed E-state index contributed by atoms with van der Waals surface area (Å²) < 4.78 is 60.2. The van der Waals surface area contributed by atoms with Crippen LogP contribution in [0.3, 0.4) is 0 Å². The minimum atomic E-state index is -4.04. The molecule has 0 aliphatic carbocycles. The van der Waals surface area contributed by atoms with Crippen LogP contribution >= 0.6 is 0 Å². The van der Waals surface area contributed by atoms with Gasteiger partial charge in [-0.15, -0.1) is 13.2 Å². The van der Waals surface area contributed by atoms with Crippen LogP contribution in [0.2, 0.25) is 0 Å². The monoisotopic (exact) mass is 458 g/mol. The minimum absolute atomic E-state index is 0.479. The van der Waals surface area contributed by atoms with E-state index in [1.807, 2.05) is 0 Å². The predicted octanol–water partition coefficient (Wildman–Crippen LogP) is 2.13. The molecule has 0 N–H and O–H groups in total. The Morgan fingerprint density at radius 3 is 0.897 bits per heavy atom. The van der Waals surface area contributed by atoms with E-state index in [0.717, 1.165) is 12.2 Å². The predicted molar refractivity (Wildman–Crippen MR) is 118 cm³/mol. The topological polar surface area (TPSA) is 114 Å². The number of rotatable bonds is 12. The van der Waals surface area contributed by atoms with Gasteiger partial charge >= 0.3 is 0 Å². The number of quaternary nitrogens is 2. The molecule has 0 rings (SSSR count). The van der Waals surface area contributed by atoms with E-state index in [1.165, 1.54) is 54.9 Å². The molecular formula is C19H42N2O6S2. The van der Waals surface area contributed by atoms with E-state index in [9.17, 15) is 25.9 Å². The van der Waals surface area contributed by atoms with E-state index in [2.05, 4.69) is 54.7 Å². The third-order valence-electron chi connectivity index (χ3n) is 5.27. The Balaban J connectivity index is -0.000000402. The molecule has 0 saturated carbocycles. The number of hydrogen-bond donors (Lipinski definition) is 0. The van der Waals surface area contributed by atoms with Gasteiger partial charge in [0.1, 0.15) is 0 Å². The van der Waals surface area contributed by atoms with Crippen LogP contribution in [0.25, 0.3) is 0 Å². The summed E-state index contributed by atoms with van der Waals surface area (Å²) >= 11 is 0. The van der Waals surface area contributed by atoms with Gasteiger partial charge in [-0.25, -0.2) is 16.8 Å². The van der Waals surface area contributed by atoms with Crippen LogP contribution in [-0.2, 0) is 20.2 Å². The second-order valence-electron chi connectivity index (χ2n) is 6.75. The van der Waals surface area contributed by atoms with Crippen molar-refractivity contribution in [1.29, 1.82) is 0 Å². The molecular weight excluding hydrogens is 416 g/mol. The van der Waals surface area contributed by atoms with Crippen molar-refractivity contribution in [2.75, 3.05) is 57.4 Å². The van der Waals surface area contributed by atoms with Crippen molar-refractivity contribution >= 4 is 20.2 Å². The summed E-state index contributed by atoms with van der Waals surface area (Å²) in [6.07, 6.45) is 2.12. The molecule has 0 bridgehead atoms. The van der Waals surface area contributed by atoms with Gasteiger partial charge < -0.3 is 9.11 Å². The fraction of sp³-hybridized carbons (Fsp3) is 0.789. The molecule has 0 unspecified atom stereocenters. The zero-order chi connectivity index (χ0) is 23.8. The zero-order valence-electron chi connectivity index (χ0n) is 19.1. The first-order valence-corrected chi connectivity index (χ1v) is 13.1. The first-order valence-electron chi connectivity index (χ1n) is 9.98. The summed E-state index contributed by atoms with van der Waals surface area (Å²) in [5.74, 6) is -0.958. The molecule has 0 atom stereocenters. The van der Waals surface area contributed by atoms with Gasteiger partial charge in [0.2, 0.25) is 6.67 Å². The Labute approximate surface area is 179 Å². The molecule has 29 heavy (non-hydrogen) atoms. The lowest BCUT2D eigenvalue weighted by Crippen LogP contribution is -2.62. The Morgan fingerprint density at radius 1 is 0.621 bits per heavy atom. The van der Waals surface area contributed by atoms with Gasteiger partial charge in [-0.05, 0) is 41.5 Å². The molecule has 0 aliphatic rings. The van der Waals surface area contributed by atoms with E-state index in [1.54, 1.807) is 0 Å². The normalized spacial score (nSPS) is 12.1. The maximum Gasteiger partial charge on any atom is 0.207 e. The van der Waals surface area contributed by atoms with E-state index in [0.29, 0.717) is 0 Å². The zero-order valence-corrected chi connectivity index (χ0v) is 20.7. The Hall–Kier alpha value is -0.780. The van der Waals surface area contributed by atoms with E-state index < -0.39 is 31.7 Å². The van der Waals surface area contributed by atoms with Crippen molar-refractivity contribution in [3.63, 3.8) is 0 Å². The van der Waals surface area contributed by atoms with Gasteiger partial charge in [0.15, 0.2) is 0 Å². The lowest BCUT2D eigenvalue weighted by Gasteiger charge is -2.45. The highest BCUT2D eigenvalue weighted by Crippen LogP contribution is 2.15. The maximum atomic E-state index is 9.60. The summed E-state index contributed by atoms with van der Waals surface area (Å²) in [6.45, 7) is 29.1. The molecule has 0 fully saturated rings. The van der Waals surface area contributed by atoms with Gasteiger partial charge in [-0.2, -0.15) is 0 Å². The molecule has 0 saturated heterocycles. The minimum Gasteiger partial charge on any atom is -0.748 e. The number of nitrogens with zero attached hydrogens (tertiary/aromatic N) is 2. The van der Waals surface area contributed by atoms with E-state index in [4.69, 9.17) is 0 Å². The SMILES string of the molecule is C=CCS(=O)(=O)[O-].C=CCS(=O)(=O)[O-].CC[N+](CC)(CC)C[N+](CC)(CC)CC. The Kier molecular flexibility index (Phi) is 18.1. The van der Waals surface area contributed by atoms with Crippen molar-refractivity contribution < 1.29 is 34.9 Å². The summed E-state index contributed by atoms with van der Waals surface area (Å²) in [5, 5.41) is 0. The number of hydrogen-bond acceptors (Lipinski definition) is 6. The molecule has 0 amide bonds. The summed E-state index contributed by atoms with van der Waals surface area (Å²) in [7, 11) is -8.08. The smallest absolute Gasteiger partial charge is 0.207 e. The fourth-order valence-electron chi connectivity index (χ4n) is 2.87. The van der Waals surface area contributed by atoms with E-state index in [-0.39, 0.29) is 0 Å². The summed E-state index contributed by atoms with van der Waals surface area (Å²) in [5.41, 5.74) is 0. The van der Waals surface area contributed by atoms with E-state index >= 15 is 0 Å². The lowest BCUT2D eigenvalue weighted by molar-refractivity contribution is -1.10. The van der Waals surface area contributed by atoms with Gasteiger partial charge in [-0.3, -0.25) is 8.97 Å². The molecule has 0 aromatic heterocycles. The first-order chi connectivity index (χ1) is 13.2. The molecule has 0 spiro atoms. The van der Waals surface area contributed by atoms with Crippen LogP contribution < -0.4 is 0 Å². The second-order valence-corrected chi connectivity index (χ2v) is 9.65. The summed E-state index contributed by atoms with van der Waals surface area (Å²) in [4.78, 5) is 0. The van der Waals surface area contributed by atoms with Crippen LogP contribution in [-0.4, -0.2) is 92.4 Å². The molecule has 0 aromatic rings. The highest BCUT2D eigenvalue weighted by Gasteiger charge is 2.33. The average Bonchev–Trinajstić information content (AvgIpc) is 2.63. The fourth-order valence-corrected chi connectivity index (χ4v) is 3.44. The molecule has 0 radical (unpaired) electrons. The Bertz CT molecular complexity index is 565. The van der Waals surface area contributed by atoms with Crippen LogP contribution in [0.5, 0.6) is 0 Å². The largest absolute Gasteiger partial charge is 0.748 e. The molecule has 0 heterocycles. The van der Waals surface area contributed by atoms with Crippen molar-refractivity contribution in [2.45, 2.75) is 41.5 Å². The molecule has 10 heteroatoms. The average molecular weight is 459 g/mol. The highest BCUT2D eigenvalue weighted by atomic mass is 32.2. The third-order valence-corrected chi connectivity index (χ3v) is 6.56. The molecule has 0 aromatic carbocycles. The maximum absolute atomic E-state index is 9.60. The van der Waals surface area contributed by atoms with Crippen molar-refractivity contribution in [1.82, 2.24) is 0 Å². The van der Waals surface area contributed by atoms with Crippen LogP contribution in [0.4, 0.5) is 0 Å². The molecule has 0 aliphatic heterocycles. The highest BCUT2D eigenvalue weighted by molar-refractivity contribution is 7.86. The van der Waals surface area contributed by atoms with Crippen LogP contribution in [0, 0.1) is 0 Å². The summed E-state index contributed by atoms with van der Waals surface area (Å²) in [6, 6.07) is 0. The van der Waals surface area contributed by atoms with Gasteiger partial charge in [0.05, 0.1) is 71.0 Å². The van der Waals surface area contributed by atoms with Crippen molar-refractivity contribution in [3.05, 3.63) is 25.3 Å². The van der Waals surface area contributed by atoms with Crippen molar-refractivity contribution in [3.8, 4) is 0 Å². The quantitative estimate of drug-likeness (QED) is 0.191. The van der Waals surface area contributed by atoms with Crippen molar-refractivity contribution in [2.24, 2.45) is 0 Å². The van der Waals surface area contributed by atoms with Crippen LogP contribution in [0.1, 0.15) is 41.5 Å². The second kappa shape index (κ2) is 16.0. The standard InChI is InChI=1S/C13H32N2.2C3H6O3S/c1-7-14(8-2,9-3)13-15(10-4,11-5)12-6;2*1-2-3-7(4,5)6/h7-13H2,1-6H3;2*2H,1,3H2,(H,4,5,6)/q+2;;/p-2.